The molecule has 0 aliphatic rings. The first-order valence-electron chi connectivity index (χ1n) is 3.21. The fourth-order valence-corrected chi connectivity index (χ4v) is 0.698. The monoisotopic (exact) mass is 164 g/mol. The van der Waals surface area contributed by atoms with E-state index in [9.17, 15) is 10.1 Å². The van der Waals surface area contributed by atoms with Crippen molar-refractivity contribution in [3.05, 3.63) is 46.1 Å². The minimum absolute atomic E-state index is 0.133. The fourth-order valence-electron chi connectivity index (χ4n) is 0.698. The van der Waals surface area contributed by atoms with Crippen molar-refractivity contribution in [2.24, 2.45) is 0 Å². The third kappa shape index (κ3) is 2.42. The van der Waals surface area contributed by atoms with Gasteiger partial charge in [0.2, 0.25) is 0 Å². The highest BCUT2D eigenvalue weighted by molar-refractivity contribution is 5.47. The van der Waals surface area contributed by atoms with Crippen LogP contribution >= 0.6 is 0 Å². The molecule has 1 radical (unpaired) electrons. The van der Waals surface area contributed by atoms with Crippen molar-refractivity contribution in [2.45, 2.75) is 0 Å². The molecule has 61 valence electrons. The van der Waals surface area contributed by atoms with Crippen molar-refractivity contribution >= 4 is 6.08 Å². The summed E-state index contributed by atoms with van der Waals surface area (Å²) >= 11 is 0. The number of phenols is 1. The highest BCUT2D eigenvalue weighted by Gasteiger charge is 1.91. The molecule has 0 atom stereocenters. The van der Waals surface area contributed by atoms with Crippen LogP contribution < -0.4 is 0 Å². The van der Waals surface area contributed by atoms with Crippen LogP contribution in [0.4, 0.5) is 0 Å². The van der Waals surface area contributed by atoms with Gasteiger partial charge in [-0.3, -0.25) is 10.1 Å². The average molecular weight is 164 g/mol. The molecule has 4 heteroatoms. The van der Waals surface area contributed by atoms with Gasteiger partial charge in [0, 0.05) is 6.08 Å². The highest BCUT2D eigenvalue weighted by atomic mass is 16.6. The summed E-state index contributed by atoms with van der Waals surface area (Å²) in [6, 6.07) is 6.03. The maximum atomic E-state index is 9.85. The molecule has 0 aliphatic carbocycles. The maximum Gasteiger partial charge on any atom is 0.346 e. The Bertz CT molecular complexity index is 303. The molecular weight excluding hydrogens is 158 g/mol. The van der Waals surface area contributed by atoms with E-state index in [1.54, 1.807) is 12.1 Å². The summed E-state index contributed by atoms with van der Waals surface area (Å²) in [5.41, 5.74) is 0.629. The molecule has 0 bridgehead atoms. The standard InChI is InChI=1S/C8H6NO3/c10-8-3-1-7(2-4-8)5-6-9(11)12/h1-5,10H. The second kappa shape index (κ2) is 3.52. The normalized spacial score (nSPS) is 10.3. The minimum atomic E-state index is -0.660. The lowest BCUT2D eigenvalue weighted by molar-refractivity contribution is -0.417. The van der Waals surface area contributed by atoms with Crippen LogP contribution in [0.2, 0.25) is 0 Å². The molecule has 0 saturated carbocycles. The van der Waals surface area contributed by atoms with Crippen molar-refractivity contribution in [3.63, 3.8) is 0 Å². The van der Waals surface area contributed by atoms with Gasteiger partial charge in [-0.15, -0.1) is 0 Å². The van der Waals surface area contributed by atoms with Gasteiger partial charge in [-0.2, -0.15) is 0 Å². The molecule has 4 nitrogen and oxygen atoms in total. The average Bonchev–Trinajstić information content (AvgIpc) is 2.03. The Morgan fingerprint density at radius 3 is 2.50 bits per heavy atom. The number of rotatable bonds is 2. The van der Waals surface area contributed by atoms with Crippen molar-refractivity contribution in [3.8, 4) is 5.75 Å². The van der Waals surface area contributed by atoms with E-state index in [0.29, 0.717) is 5.56 Å². The summed E-state index contributed by atoms with van der Waals surface area (Å²) in [5.74, 6) is 0.133. The van der Waals surface area contributed by atoms with Gasteiger partial charge >= 0.3 is 6.20 Å². The predicted molar refractivity (Wildman–Crippen MR) is 42.8 cm³/mol. The Kier molecular flexibility index (Phi) is 2.42. The van der Waals surface area contributed by atoms with Gasteiger partial charge < -0.3 is 5.11 Å². The lowest BCUT2D eigenvalue weighted by Gasteiger charge is -1.90. The van der Waals surface area contributed by atoms with Gasteiger partial charge in [0.15, 0.2) is 0 Å². The molecule has 0 spiro atoms. The van der Waals surface area contributed by atoms with Gasteiger partial charge in [0.25, 0.3) is 0 Å². The second-order valence-electron chi connectivity index (χ2n) is 2.12. The molecule has 0 unspecified atom stereocenters. The predicted octanol–water partition coefficient (Wildman–Crippen LogP) is 1.44. The molecule has 0 aliphatic heterocycles. The van der Waals surface area contributed by atoms with Crippen LogP contribution in [0.1, 0.15) is 5.56 Å². The van der Waals surface area contributed by atoms with Crippen LogP contribution in [0.5, 0.6) is 5.75 Å². The first-order chi connectivity index (χ1) is 5.68. The van der Waals surface area contributed by atoms with Crippen LogP contribution in [0.3, 0.4) is 0 Å². The molecule has 1 aromatic rings. The zero-order valence-electron chi connectivity index (χ0n) is 6.10. The zero-order chi connectivity index (χ0) is 8.97. The first kappa shape index (κ1) is 8.26. The molecule has 1 rings (SSSR count). The summed E-state index contributed by atoms with van der Waals surface area (Å²) < 4.78 is 0. The van der Waals surface area contributed by atoms with Crippen molar-refractivity contribution in [1.29, 1.82) is 0 Å². The number of nitro groups is 1. The van der Waals surface area contributed by atoms with Crippen molar-refractivity contribution in [2.75, 3.05) is 0 Å². The zero-order valence-corrected chi connectivity index (χ0v) is 6.10. The third-order valence-electron chi connectivity index (χ3n) is 1.23. The summed E-state index contributed by atoms with van der Waals surface area (Å²) in [5, 5.41) is 18.7. The Labute approximate surface area is 68.9 Å². The van der Waals surface area contributed by atoms with Crippen LogP contribution in [0.25, 0.3) is 6.08 Å². The van der Waals surface area contributed by atoms with Crippen LogP contribution in [-0.2, 0) is 0 Å². The minimum Gasteiger partial charge on any atom is -0.508 e. The van der Waals surface area contributed by atoms with Crippen LogP contribution in [-0.4, -0.2) is 10.0 Å². The smallest absolute Gasteiger partial charge is 0.346 e. The summed E-state index contributed by atoms with van der Waals surface area (Å²) in [7, 11) is 0. The van der Waals surface area contributed by atoms with E-state index in [0.717, 1.165) is 0 Å². The summed E-state index contributed by atoms with van der Waals surface area (Å²) in [4.78, 5) is 9.19. The number of aromatic hydroxyl groups is 1. The SMILES string of the molecule is O=[N+]([O-])[C]=Cc1ccc(O)cc1. The topological polar surface area (TPSA) is 63.4 Å². The molecule has 0 amide bonds. The van der Waals surface area contributed by atoms with Gasteiger partial charge in [-0.25, -0.2) is 0 Å². The number of hydrogen-bond acceptors (Lipinski definition) is 3. The van der Waals surface area contributed by atoms with E-state index in [2.05, 4.69) is 0 Å². The number of hydrogen-bond donors (Lipinski definition) is 1. The van der Waals surface area contributed by atoms with Crippen molar-refractivity contribution in [1.82, 2.24) is 0 Å². The maximum absolute atomic E-state index is 9.85. The molecule has 0 saturated heterocycles. The quantitative estimate of drug-likeness (QED) is 0.408. The van der Waals surface area contributed by atoms with Gasteiger partial charge in [0.1, 0.15) is 5.75 Å². The Balaban J connectivity index is 2.77. The first-order valence-corrected chi connectivity index (χ1v) is 3.21. The van der Waals surface area contributed by atoms with Crippen molar-refractivity contribution < 1.29 is 10.0 Å². The van der Waals surface area contributed by atoms with E-state index in [-0.39, 0.29) is 5.75 Å². The molecule has 1 N–H and O–H groups in total. The molecule has 0 aromatic heterocycles. The van der Waals surface area contributed by atoms with E-state index in [4.69, 9.17) is 5.11 Å². The summed E-state index contributed by atoms with van der Waals surface area (Å²) in [6.07, 6.45) is 3.13. The Hall–Kier alpha value is -1.84. The molecule has 12 heavy (non-hydrogen) atoms. The highest BCUT2D eigenvalue weighted by Crippen LogP contribution is 2.10. The summed E-state index contributed by atoms with van der Waals surface area (Å²) in [6.45, 7) is 0. The molecule has 0 heterocycles. The van der Waals surface area contributed by atoms with Gasteiger partial charge in [0.05, 0.1) is 4.92 Å². The second-order valence-corrected chi connectivity index (χ2v) is 2.12. The van der Waals surface area contributed by atoms with E-state index >= 15 is 0 Å². The molecular formula is C8H6NO3. The van der Waals surface area contributed by atoms with E-state index in [1.807, 2.05) is 6.20 Å². The Morgan fingerprint density at radius 1 is 1.42 bits per heavy atom. The Morgan fingerprint density at radius 2 is 2.00 bits per heavy atom. The number of phenolic OH excluding ortho intramolecular Hbond substituents is 1. The lowest BCUT2D eigenvalue weighted by Crippen LogP contribution is -1.83. The number of benzene rings is 1. The fraction of sp³-hybridized carbons (Fsp3) is 0. The van der Waals surface area contributed by atoms with E-state index in [1.165, 1.54) is 18.2 Å². The molecule has 0 fully saturated rings. The van der Waals surface area contributed by atoms with Gasteiger partial charge in [-0.05, 0) is 17.7 Å². The third-order valence-corrected chi connectivity index (χ3v) is 1.23. The lowest BCUT2D eigenvalue weighted by atomic mass is 10.2. The number of nitrogens with zero attached hydrogens (tertiary/aromatic N) is 1. The van der Waals surface area contributed by atoms with Crippen LogP contribution in [0.15, 0.2) is 24.3 Å². The largest absolute Gasteiger partial charge is 0.508 e. The van der Waals surface area contributed by atoms with E-state index < -0.39 is 4.92 Å². The van der Waals surface area contributed by atoms with Gasteiger partial charge in [-0.1, -0.05) is 12.1 Å². The van der Waals surface area contributed by atoms with Crippen LogP contribution in [0, 0.1) is 16.3 Å². The molecule has 1 aromatic carbocycles.